The van der Waals surface area contributed by atoms with Gasteiger partial charge in [0.1, 0.15) is 5.94 Å². The van der Waals surface area contributed by atoms with Gasteiger partial charge in [0.25, 0.3) is 0 Å². The van der Waals surface area contributed by atoms with Gasteiger partial charge in [-0.25, -0.2) is 4.79 Å². The van der Waals surface area contributed by atoms with Gasteiger partial charge in [-0.05, 0) is 134 Å². The van der Waals surface area contributed by atoms with Crippen molar-refractivity contribution in [2.75, 3.05) is 7.11 Å². The Hall–Kier alpha value is -0.726. The highest BCUT2D eigenvalue weighted by molar-refractivity contribution is 6.74. The third-order valence-electron chi connectivity index (χ3n) is 15.0. The van der Waals surface area contributed by atoms with E-state index in [1.165, 1.54) is 20.0 Å². The molecule has 0 heterocycles. The van der Waals surface area contributed by atoms with Crippen molar-refractivity contribution >= 4 is 28.5 Å². The van der Waals surface area contributed by atoms with Gasteiger partial charge in [0.05, 0.1) is 13.2 Å². The van der Waals surface area contributed by atoms with Gasteiger partial charge in [0.2, 0.25) is 0 Å². The van der Waals surface area contributed by atoms with Crippen LogP contribution in [0.25, 0.3) is 0 Å². The van der Waals surface area contributed by atoms with Gasteiger partial charge >= 0.3 is 5.97 Å². The van der Waals surface area contributed by atoms with Crippen LogP contribution in [-0.2, 0) is 23.2 Å². The molecule has 4 saturated carbocycles. The van der Waals surface area contributed by atoms with Crippen molar-refractivity contribution in [2.45, 2.75) is 169 Å². The highest BCUT2D eigenvalue weighted by Crippen LogP contribution is 2.70. The minimum absolute atomic E-state index is 0.0199. The van der Waals surface area contributed by atoms with Crippen molar-refractivity contribution in [3.63, 3.8) is 0 Å². The molecular formula is C38H68O5Si2. The summed E-state index contributed by atoms with van der Waals surface area (Å²) in [7, 11) is -2.48. The normalized spacial score (nSPS) is 38.1. The first-order valence-corrected chi connectivity index (χ1v) is 24.0. The van der Waals surface area contributed by atoms with Crippen LogP contribution in [0, 0.1) is 46.3 Å². The lowest BCUT2D eigenvalue weighted by Gasteiger charge is -2.64. The van der Waals surface area contributed by atoms with E-state index >= 15 is 0 Å². The molecule has 0 aliphatic heterocycles. The molecular weight excluding hydrogens is 593 g/mol. The molecule has 10 atom stereocenters. The number of carbonyl (C=O) groups is 1. The number of allylic oxidation sites excluding steroid dienone is 1. The summed E-state index contributed by atoms with van der Waals surface area (Å²) in [5, 5.41) is 0.301. The van der Waals surface area contributed by atoms with Gasteiger partial charge in [-0.15, -0.1) is 0 Å². The van der Waals surface area contributed by atoms with E-state index in [-0.39, 0.29) is 45.0 Å². The Morgan fingerprint density at radius 3 is 2.09 bits per heavy atom. The summed E-state index contributed by atoms with van der Waals surface area (Å²) in [5.74, 6) is 5.13. The van der Waals surface area contributed by atoms with Gasteiger partial charge < -0.3 is 13.6 Å². The molecule has 45 heavy (non-hydrogen) atoms. The molecule has 0 aromatic heterocycles. The van der Waals surface area contributed by atoms with E-state index in [1.54, 1.807) is 0 Å². The number of carbonyl (C=O) groups excluding carboxylic acids is 2. The second-order valence-corrected chi connectivity index (χ2v) is 28.8. The summed E-state index contributed by atoms with van der Waals surface area (Å²) in [6.07, 6.45) is 9.23. The summed E-state index contributed by atoms with van der Waals surface area (Å²) in [4.78, 5) is 25.0. The Labute approximate surface area is 278 Å². The maximum atomic E-state index is 12.8. The fourth-order valence-electron chi connectivity index (χ4n) is 10.1. The second-order valence-electron chi connectivity index (χ2n) is 19.3. The lowest BCUT2D eigenvalue weighted by molar-refractivity contribution is -0.157. The van der Waals surface area contributed by atoms with Crippen molar-refractivity contribution in [2.24, 2.45) is 46.3 Å². The highest BCUT2D eigenvalue weighted by Gasteiger charge is 2.66. The summed E-state index contributed by atoms with van der Waals surface area (Å²) in [6.45, 7) is 31.0. The maximum absolute atomic E-state index is 12.8. The maximum Gasteiger partial charge on any atom is 0.305 e. The highest BCUT2D eigenvalue weighted by atomic mass is 28.4. The molecule has 0 amide bonds. The zero-order valence-electron chi connectivity index (χ0n) is 31.5. The minimum Gasteiger partial charge on any atom is -0.469 e. The summed E-state index contributed by atoms with van der Waals surface area (Å²) >= 11 is 0. The molecule has 4 rings (SSSR count). The number of methoxy groups -OCH3 is 1. The van der Waals surface area contributed by atoms with E-state index in [4.69, 9.17) is 13.6 Å². The number of hydrogen-bond donors (Lipinski definition) is 0. The quantitative estimate of drug-likeness (QED) is 0.147. The molecule has 258 valence electrons. The Morgan fingerprint density at radius 2 is 1.53 bits per heavy atom. The number of hydrogen-bond acceptors (Lipinski definition) is 5. The summed E-state index contributed by atoms with van der Waals surface area (Å²) < 4.78 is 19.6. The molecule has 0 bridgehead atoms. The molecule has 0 saturated heterocycles. The third kappa shape index (κ3) is 6.65. The van der Waals surface area contributed by atoms with Crippen molar-refractivity contribution < 1.29 is 23.2 Å². The predicted octanol–water partition coefficient (Wildman–Crippen LogP) is 9.99. The molecule has 0 spiro atoms. The van der Waals surface area contributed by atoms with Crippen molar-refractivity contribution in [3.8, 4) is 0 Å². The van der Waals surface area contributed by atoms with Crippen LogP contribution in [0.15, 0.2) is 5.57 Å². The van der Waals surface area contributed by atoms with Crippen LogP contribution in [0.4, 0.5) is 0 Å². The average molecular weight is 661 g/mol. The number of rotatable bonds is 8. The number of ether oxygens (including phenoxy) is 1. The van der Waals surface area contributed by atoms with Gasteiger partial charge in [0, 0.05) is 18.1 Å². The summed E-state index contributed by atoms with van der Waals surface area (Å²) in [5.41, 5.74) is 1.12. The average Bonchev–Trinajstić information content (AvgIpc) is 3.29. The molecule has 4 aliphatic carbocycles. The first kappa shape index (κ1) is 37.1. The molecule has 7 heteroatoms. The minimum atomic E-state index is -2.06. The van der Waals surface area contributed by atoms with Crippen LogP contribution >= 0.6 is 0 Å². The SMILES string of the molecule is COC(=O)CC[C@@H](C)[C@H]1CC[C@H]2[C@@H]3CC(=C=O)[C@@H]4C[C@H](O[Si](C)(C)C(C)(C)C)CC[C@]4(C)[C@H]3C[C@H](O[Si](C)(C)C(C)(C)C)[C@]12C. The lowest BCUT2D eigenvalue weighted by Crippen LogP contribution is -2.62. The standard InChI is InChI=1S/C38H68O5Si2/c1-25(15-18-34(40)41-10)29-16-17-30-28-21-26(24-39)31-22-27(42-44(11,12)35(2,3)4)19-20-37(31,8)32(28)23-33(38(29,30)9)43-45(13,14)36(5,6)7/h25,27-33H,15-23H2,1-14H3/t25-,27-,28+,29-,30+,31+,32+,33+,37+,38-/m1/s1. The van der Waals surface area contributed by atoms with E-state index in [2.05, 4.69) is 94.4 Å². The van der Waals surface area contributed by atoms with E-state index in [1.807, 2.05) is 0 Å². The molecule has 0 N–H and O–H groups in total. The molecule has 5 nitrogen and oxygen atoms in total. The largest absolute Gasteiger partial charge is 0.469 e. The Bertz CT molecular complexity index is 1140. The first-order chi connectivity index (χ1) is 20.5. The fourth-order valence-corrected chi connectivity index (χ4v) is 13.0. The lowest BCUT2D eigenvalue weighted by atomic mass is 9.43. The molecule has 0 aromatic carbocycles. The van der Waals surface area contributed by atoms with Crippen LogP contribution in [-0.4, -0.2) is 47.9 Å². The number of esters is 1. The monoisotopic (exact) mass is 660 g/mol. The van der Waals surface area contributed by atoms with Crippen LogP contribution in [0.2, 0.25) is 36.3 Å². The van der Waals surface area contributed by atoms with E-state index < -0.39 is 16.6 Å². The van der Waals surface area contributed by atoms with E-state index in [9.17, 15) is 9.59 Å². The van der Waals surface area contributed by atoms with Crippen LogP contribution in [0.1, 0.15) is 120 Å². The van der Waals surface area contributed by atoms with Crippen molar-refractivity contribution in [3.05, 3.63) is 5.57 Å². The Balaban J connectivity index is 1.70. The molecule has 4 fully saturated rings. The molecule has 0 unspecified atom stereocenters. The predicted molar refractivity (Wildman–Crippen MR) is 190 cm³/mol. The first-order valence-electron chi connectivity index (χ1n) is 18.2. The zero-order chi connectivity index (χ0) is 34.0. The zero-order valence-corrected chi connectivity index (χ0v) is 33.5. The Kier molecular flexibility index (Phi) is 10.4. The Morgan fingerprint density at radius 1 is 0.933 bits per heavy atom. The van der Waals surface area contributed by atoms with Gasteiger partial charge in [0.15, 0.2) is 16.6 Å². The fraction of sp³-hybridized carbons (Fsp3) is 0.921. The van der Waals surface area contributed by atoms with Gasteiger partial charge in [-0.3, -0.25) is 4.79 Å². The van der Waals surface area contributed by atoms with Crippen molar-refractivity contribution in [1.82, 2.24) is 0 Å². The third-order valence-corrected chi connectivity index (χ3v) is 24.0. The van der Waals surface area contributed by atoms with E-state index in [0.717, 1.165) is 44.1 Å². The van der Waals surface area contributed by atoms with E-state index in [0.29, 0.717) is 36.0 Å². The molecule has 0 radical (unpaired) electrons. The number of fused-ring (bicyclic) bond motifs is 5. The summed E-state index contributed by atoms with van der Waals surface area (Å²) in [6, 6.07) is 0. The van der Waals surface area contributed by atoms with Crippen LogP contribution < -0.4 is 0 Å². The molecule has 0 aromatic rings. The topological polar surface area (TPSA) is 61.8 Å². The van der Waals surface area contributed by atoms with Crippen LogP contribution in [0.3, 0.4) is 0 Å². The smallest absolute Gasteiger partial charge is 0.305 e. The van der Waals surface area contributed by atoms with Gasteiger partial charge in [-0.1, -0.05) is 62.3 Å². The second kappa shape index (κ2) is 12.6. The van der Waals surface area contributed by atoms with Crippen LogP contribution in [0.5, 0.6) is 0 Å². The van der Waals surface area contributed by atoms with Gasteiger partial charge in [-0.2, -0.15) is 0 Å². The van der Waals surface area contributed by atoms with Crippen molar-refractivity contribution in [1.29, 1.82) is 0 Å². The molecule has 4 aliphatic rings.